The highest BCUT2D eigenvalue weighted by molar-refractivity contribution is 6.30. The minimum atomic E-state index is -0.711. The van der Waals surface area contributed by atoms with Gasteiger partial charge in [-0.1, -0.05) is 43.0 Å². The van der Waals surface area contributed by atoms with Crippen molar-refractivity contribution in [2.24, 2.45) is 5.73 Å². The lowest BCUT2D eigenvalue weighted by Crippen LogP contribution is -2.52. The SMILES string of the molecule is NCCC(=O)N[C@H](Cc1ccc(Cl)cc1)C(=O)N1CC[C@H](N(C(=O)c2ccoc2)C2CCCCC2)C1. The van der Waals surface area contributed by atoms with Crippen LogP contribution in [0.15, 0.2) is 47.3 Å². The number of rotatable bonds is 9. The zero-order chi connectivity index (χ0) is 25.5. The molecule has 9 heteroatoms. The number of nitrogens with two attached hydrogens (primary N) is 1. The number of hydrogen-bond donors (Lipinski definition) is 2. The third-order valence-corrected chi connectivity index (χ3v) is 7.45. The second-order valence-corrected chi connectivity index (χ2v) is 10.2. The van der Waals surface area contributed by atoms with E-state index in [0.29, 0.717) is 36.5 Å². The Morgan fingerprint density at radius 2 is 1.83 bits per heavy atom. The normalized spacial score (nSPS) is 19.2. The fraction of sp³-hybridized carbons (Fsp3) is 0.519. The van der Waals surface area contributed by atoms with Gasteiger partial charge in [0, 0.05) is 43.5 Å². The van der Waals surface area contributed by atoms with Crippen LogP contribution >= 0.6 is 11.6 Å². The number of hydrogen-bond acceptors (Lipinski definition) is 5. The van der Waals surface area contributed by atoms with Crippen LogP contribution in [-0.2, 0) is 16.0 Å². The number of amides is 3. The average Bonchev–Trinajstić information content (AvgIpc) is 3.59. The standard InChI is InChI=1S/C27H35ClN4O4/c28-21-8-6-19(7-9-21)16-24(30-25(33)10-13-29)27(35)31-14-11-23(17-31)32(22-4-2-1-3-5-22)26(34)20-12-15-36-18-20/h6-9,12,15,18,22-24H,1-5,10-11,13-14,16-17,29H2,(H,30,33)/t23-,24+/m0/s1. The molecule has 194 valence electrons. The van der Waals surface area contributed by atoms with Gasteiger partial charge in [0.05, 0.1) is 17.9 Å². The molecule has 0 spiro atoms. The van der Waals surface area contributed by atoms with Crippen molar-refractivity contribution in [2.45, 2.75) is 69.5 Å². The van der Waals surface area contributed by atoms with Crippen LogP contribution in [0.2, 0.25) is 5.02 Å². The van der Waals surface area contributed by atoms with Crippen molar-refractivity contribution in [2.75, 3.05) is 19.6 Å². The van der Waals surface area contributed by atoms with E-state index in [2.05, 4.69) is 5.32 Å². The molecule has 3 N–H and O–H groups in total. The highest BCUT2D eigenvalue weighted by Gasteiger charge is 2.39. The number of nitrogens with one attached hydrogen (secondary N) is 1. The summed E-state index contributed by atoms with van der Waals surface area (Å²) in [6.45, 7) is 1.20. The Morgan fingerprint density at radius 3 is 2.50 bits per heavy atom. The molecular formula is C27H35ClN4O4. The fourth-order valence-electron chi connectivity index (χ4n) is 5.37. The van der Waals surface area contributed by atoms with Crippen LogP contribution in [0.5, 0.6) is 0 Å². The average molecular weight is 515 g/mol. The quantitative estimate of drug-likeness (QED) is 0.533. The summed E-state index contributed by atoms with van der Waals surface area (Å²) in [5.74, 6) is -0.430. The van der Waals surface area contributed by atoms with Crippen molar-refractivity contribution >= 4 is 29.3 Å². The Labute approximate surface area is 217 Å². The fourth-order valence-corrected chi connectivity index (χ4v) is 5.49. The largest absolute Gasteiger partial charge is 0.472 e. The summed E-state index contributed by atoms with van der Waals surface area (Å²) >= 11 is 6.02. The monoisotopic (exact) mass is 514 g/mol. The summed E-state index contributed by atoms with van der Waals surface area (Å²) in [4.78, 5) is 43.3. The van der Waals surface area contributed by atoms with E-state index in [0.717, 1.165) is 31.2 Å². The van der Waals surface area contributed by atoms with Gasteiger partial charge in [-0.15, -0.1) is 0 Å². The Kier molecular flexibility index (Phi) is 9.04. The summed E-state index contributed by atoms with van der Waals surface area (Å²) in [7, 11) is 0. The maximum atomic E-state index is 13.6. The van der Waals surface area contributed by atoms with Crippen molar-refractivity contribution in [3.63, 3.8) is 0 Å². The van der Waals surface area contributed by atoms with Crippen molar-refractivity contribution in [3.8, 4) is 0 Å². The molecule has 2 aromatic rings. The van der Waals surface area contributed by atoms with Gasteiger partial charge in [-0.2, -0.15) is 0 Å². The summed E-state index contributed by atoms with van der Waals surface area (Å²) in [6.07, 6.45) is 9.56. The van der Waals surface area contributed by atoms with E-state index < -0.39 is 6.04 Å². The van der Waals surface area contributed by atoms with Crippen molar-refractivity contribution in [3.05, 3.63) is 59.0 Å². The molecule has 1 aromatic carbocycles. The van der Waals surface area contributed by atoms with Crippen LogP contribution in [0.4, 0.5) is 0 Å². The minimum Gasteiger partial charge on any atom is -0.472 e. The first-order valence-corrected chi connectivity index (χ1v) is 13.2. The number of halogens is 1. The number of carbonyl (C=O) groups excluding carboxylic acids is 3. The topological polar surface area (TPSA) is 109 Å². The molecule has 0 unspecified atom stereocenters. The summed E-state index contributed by atoms with van der Waals surface area (Å²) in [6, 6.07) is 8.34. The predicted molar refractivity (Wildman–Crippen MR) is 137 cm³/mol. The Morgan fingerprint density at radius 1 is 1.08 bits per heavy atom. The highest BCUT2D eigenvalue weighted by atomic mass is 35.5. The van der Waals surface area contributed by atoms with E-state index in [1.54, 1.807) is 23.1 Å². The minimum absolute atomic E-state index is 0.0380. The van der Waals surface area contributed by atoms with Gasteiger partial charge >= 0.3 is 0 Å². The van der Waals surface area contributed by atoms with Crippen LogP contribution in [0.1, 0.15) is 60.9 Å². The molecule has 1 aliphatic heterocycles. The van der Waals surface area contributed by atoms with Crippen molar-refractivity contribution < 1.29 is 18.8 Å². The zero-order valence-electron chi connectivity index (χ0n) is 20.5. The van der Waals surface area contributed by atoms with E-state index in [1.807, 2.05) is 17.0 Å². The molecular weight excluding hydrogens is 480 g/mol. The Balaban J connectivity index is 1.49. The summed E-state index contributed by atoms with van der Waals surface area (Å²) in [5.41, 5.74) is 6.99. The number of carbonyl (C=O) groups is 3. The zero-order valence-corrected chi connectivity index (χ0v) is 21.3. The van der Waals surface area contributed by atoms with Crippen molar-refractivity contribution in [1.29, 1.82) is 0 Å². The molecule has 1 saturated carbocycles. The smallest absolute Gasteiger partial charge is 0.257 e. The van der Waals surface area contributed by atoms with E-state index in [-0.39, 0.29) is 42.8 Å². The molecule has 2 atom stereocenters. The van der Waals surface area contributed by atoms with Crippen LogP contribution in [0.25, 0.3) is 0 Å². The van der Waals surface area contributed by atoms with E-state index in [1.165, 1.54) is 18.9 Å². The number of likely N-dealkylation sites (tertiary alicyclic amines) is 1. The Hall–Kier alpha value is -2.84. The summed E-state index contributed by atoms with van der Waals surface area (Å²) in [5, 5.41) is 3.49. The first-order valence-electron chi connectivity index (χ1n) is 12.8. The highest BCUT2D eigenvalue weighted by Crippen LogP contribution is 2.29. The molecule has 1 saturated heterocycles. The van der Waals surface area contributed by atoms with E-state index in [4.69, 9.17) is 21.8 Å². The molecule has 36 heavy (non-hydrogen) atoms. The molecule has 1 aliphatic carbocycles. The first kappa shape index (κ1) is 26.2. The maximum absolute atomic E-state index is 13.6. The second kappa shape index (κ2) is 12.4. The summed E-state index contributed by atoms with van der Waals surface area (Å²) < 4.78 is 5.18. The lowest BCUT2D eigenvalue weighted by atomic mass is 9.92. The van der Waals surface area contributed by atoms with Crippen LogP contribution in [-0.4, -0.2) is 65.3 Å². The van der Waals surface area contributed by atoms with Gasteiger partial charge in [0.25, 0.3) is 5.91 Å². The molecule has 2 fully saturated rings. The third-order valence-electron chi connectivity index (χ3n) is 7.20. The van der Waals surface area contributed by atoms with Gasteiger partial charge in [0.1, 0.15) is 12.3 Å². The van der Waals surface area contributed by atoms with Crippen molar-refractivity contribution in [1.82, 2.24) is 15.1 Å². The molecule has 8 nitrogen and oxygen atoms in total. The van der Waals surface area contributed by atoms with Gasteiger partial charge in [-0.25, -0.2) is 0 Å². The number of furan rings is 1. The lowest BCUT2D eigenvalue weighted by molar-refractivity contribution is -0.135. The Bertz CT molecular complexity index is 1020. The number of benzene rings is 1. The molecule has 3 amide bonds. The lowest BCUT2D eigenvalue weighted by Gasteiger charge is -2.38. The molecule has 4 rings (SSSR count). The molecule has 2 heterocycles. The number of nitrogens with zero attached hydrogens (tertiary/aromatic N) is 2. The van der Waals surface area contributed by atoms with E-state index >= 15 is 0 Å². The molecule has 2 aliphatic rings. The van der Waals surface area contributed by atoms with Crippen LogP contribution in [0.3, 0.4) is 0 Å². The molecule has 1 aromatic heterocycles. The predicted octanol–water partition coefficient (Wildman–Crippen LogP) is 3.39. The van der Waals surface area contributed by atoms with Crippen LogP contribution < -0.4 is 11.1 Å². The molecule has 0 bridgehead atoms. The van der Waals surface area contributed by atoms with Gasteiger partial charge in [0.2, 0.25) is 11.8 Å². The van der Waals surface area contributed by atoms with Gasteiger partial charge in [0.15, 0.2) is 0 Å². The van der Waals surface area contributed by atoms with Crippen LogP contribution in [0, 0.1) is 0 Å². The third kappa shape index (κ3) is 6.48. The first-order chi connectivity index (χ1) is 17.5. The van der Waals surface area contributed by atoms with E-state index in [9.17, 15) is 14.4 Å². The maximum Gasteiger partial charge on any atom is 0.257 e. The van der Waals surface area contributed by atoms with Gasteiger partial charge in [-0.3, -0.25) is 14.4 Å². The second-order valence-electron chi connectivity index (χ2n) is 9.73. The van der Waals surface area contributed by atoms with Gasteiger partial charge in [-0.05, 0) is 43.0 Å². The van der Waals surface area contributed by atoms with Gasteiger partial charge < -0.3 is 25.3 Å². The molecule has 0 radical (unpaired) electrons.